The molecule has 3 aromatic heterocycles. The lowest BCUT2D eigenvalue weighted by molar-refractivity contribution is 0.181. The molecule has 150 valence electrons. The van der Waals surface area contributed by atoms with Crippen LogP contribution in [-0.2, 0) is 23.6 Å². The molecule has 0 aromatic carbocycles. The lowest BCUT2D eigenvalue weighted by Crippen LogP contribution is -2.48. The quantitative estimate of drug-likeness (QED) is 0.650. The highest BCUT2D eigenvalue weighted by Crippen LogP contribution is 2.28. The van der Waals surface area contributed by atoms with Crippen molar-refractivity contribution in [2.75, 3.05) is 26.2 Å². The topological polar surface area (TPSA) is 71.3 Å². The van der Waals surface area contributed by atoms with Crippen molar-refractivity contribution in [2.24, 2.45) is 7.05 Å². The van der Waals surface area contributed by atoms with Crippen molar-refractivity contribution in [1.29, 1.82) is 0 Å². The minimum absolute atomic E-state index is 0.463. The zero-order valence-corrected chi connectivity index (χ0v) is 18.3. The summed E-state index contributed by atoms with van der Waals surface area (Å²) in [5.41, 5.74) is 2.99. The fraction of sp³-hybridized carbons (Fsp3) is 0.474. The molecule has 9 heteroatoms. The summed E-state index contributed by atoms with van der Waals surface area (Å²) in [6.45, 7) is 9.04. The predicted octanol–water partition coefficient (Wildman–Crippen LogP) is 2.46. The summed E-state index contributed by atoms with van der Waals surface area (Å²) >= 11 is 1.54. The molecule has 1 aliphatic heterocycles. The molecule has 0 spiro atoms. The SMILES string of the molecule is Cc1cc(S(=O)(=O)N2CCN(Cc3cnc4c(c3)c(C)nn4C)CC2)c(C)s1. The molecule has 1 aliphatic rings. The number of sulfonamides is 1. The Labute approximate surface area is 169 Å². The molecule has 0 aliphatic carbocycles. The van der Waals surface area contributed by atoms with E-state index in [1.807, 2.05) is 34.0 Å². The van der Waals surface area contributed by atoms with Gasteiger partial charge in [0.25, 0.3) is 0 Å². The van der Waals surface area contributed by atoms with E-state index in [-0.39, 0.29) is 0 Å². The molecular weight excluding hydrogens is 394 g/mol. The maximum Gasteiger partial charge on any atom is 0.244 e. The van der Waals surface area contributed by atoms with Gasteiger partial charge in [0.05, 0.1) is 10.6 Å². The molecule has 1 fully saturated rings. The summed E-state index contributed by atoms with van der Waals surface area (Å²) in [4.78, 5) is 9.19. The Morgan fingerprint density at radius 3 is 2.46 bits per heavy atom. The van der Waals surface area contributed by atoms with Crippen molar-refractivity contribution in [2.45, 2.75) is 32.2 Å². The highest BCUT2D eigenvalue weighted by Gasteiger charge is 2.30. The predicted molar refractivity (Wildman–Crippen MR) is 111 cm³/mol. The Kier molecular flexibility index (Phi) is 5.03. The molecule has 4 rings (SSSR count). The summed E-state index contributed by atoms with van der Waals surface area (Å²) in [5.74, 6) is 0. The minimum Gasteiger partial charge on any atom is -0.296 e. The van der Waals surface area contributed by atoms with E-state index in [4.69, 9.17) is 0 Å². The van der Waals surface area contributed by atoms with Crippen LogP contribution in [0.15, 0.2) is 23.2 Å². The van der Waals surface area contributed by atoms with Crippen LogP contribution in [0.4, 0.5) is 0 Å². The second-order valence-electron chi connectivity index (χ2n) is 7.38. The first kappa shape index (κ1) is 19.5. The van der Waals surface area contributed by atoms with Crippen LogP contribution >= 0.6 is 11.3 Å². The molecule has 0 N–H and O–H groups in total. The fourth-order valence-corrected chi connectivity index (χ4v) is 6.77. The number of fused-ring (bicyclic) bond motifs is 1. The first-order valence-electron chi connectivity index (χ1n) is 9.33. The van der Waals surface area contributed by atoms with Gasteiger partial charge in [-0.15, -0.1) is 11.3 Å². The third-order valence-electron chi connectivity index (χ3n) is 5.27. The van der Waals surface area contributed by atoms with Gasteiger partial charge in [-0.2, -0.15) is 9.40 Å². The Balaban J connectivity index is 1.44. The van der Waals surface area contributed by atoms with Crippen LogP contribution in [0.1, 0.15) is 21.0 Å². The highest BCUT2D eigenvalue weighted by molar-refractivity contribution is 7.89. The normalized spacial score (nSPS) is 16.9. The molecule has 0 amide bonds. The largest absolute Gasteiger partial charge is 0.296 e. The summed E-state index contributed by atoms with van der Waals surface area (Å²) in [6.07, 6.45) is 1.89. The number of rotatable bonds is 4. The van der Waals surface area contributed by atoms with E-state index in [2.05, 4.69) is 21.0 Å². The van der Waals surface area contributed by atoms with Gasteiger partial charge in [-0.05, 0) is 38.5 Å². The molecule has 0 radical (unpaired) electrons. The van der Waals surface area contributed by atoms with E-state index in [1.165, 1.54) is 11.3 Å². The number of hydrogen-bond donors (Lipinski definition) is 0. The van der Waals surface area contributed by atoms with Crippen LogP contribution in [0.25, 0.3) is 11.0 Å². The second-order valence-corrected chi connectivity index (χ2v) is 10.7. The smallest absolute Gasteiger partial charge is 0.244 e. The molecule has 3 aromatic rings. The van der Waals surface area contributed by atoms with Crippen molar-refractivity contribution in [1.82, 2.24) is 24.0 Å². The minimum atomic E-state index is -3.41. The molecule has 0 atom stereocenters. The number of pyridine rings is 1. The summed E-state index contributed by atoms with van der Waals surface area (Å²) in [7, 11) is -1.50. The van der Waals surface area contributed by atoms with Crippen molar-refractivity contribution in [3.05, 3.63) is 39.3 Å². The Morgan fingerprint density at radius 2 is 1.82 bits per heavy atom. The fourth-order valence-electron chi connectivity index (χ4n) is 3.83. The molecule has 7 nitrogen and oxygen atoms in total. The second kappa shape index (κ2) is 7.22. The number of thiophene rings is 1. The van der Waals surface area contributed by atoms with Crippen LogP contribution in [0.3, 0.4) is 0 Å². The van der Waals surface area contributed by atoms with Gasteiger partial charge in [0.2, 0.25) is 10.0 Å². The Hall–Kier alpha value is -1.81. The lowest BCUT2D eigenvalue weighted by atomic mass is 10.2. The van der Waals surface area contributed by atoms with Crippen molar-refractivity contribution in [3.63, 3.8) is 0 Å². The average molecular weight is 420 g/mol. The van der Waals surface area contributed by atoms with E-state index in [1.54, 1.807) is 15.1 Å². The molecule has 0 saturated carbocycles. The van der Waals surface area contributed by atoms with E-state index in [9.17, 15) is 8.42 Å². The van der Waals surface area contributed by atoms with Gasteiger partial charge >= 0.3 is 0 Å². The van der Waals surface area contributed by atoms with Gasteiger partial charge in [-0.1, -0.05) is 0 Å². The maximum absolute atomic E-state index is 13.0. The zero-order valence-electron chi connectivity index (χ0n) is 16.6. The number of piperazine rings is 1. The Bertz CT molecular complexity index is 1120. The monoisotopic (exact) mass is 419 g/mol. The standard InChI is InChI=1S/C19H25N5O2S2/c1-13-9-18(15(3)27-13)28(25,26)24-7-5-23(6-8-24)12-16-10-17-14(2)21-22(4)19(17)20-11-16/h9-11H,5-8,12H2,1-4H3. The van der Waals surface area contributed by atoms with E-state index >= 15 is 0 Å². The van der Waals surface area contributed by atoms with Gasteiger partial charge in [-0.3, -0.25) is 9.58 Å². The van der Waals surface area contributed by atoms with Crippen molar-refractivity contribution >= 4 is 32.4 Å². The van der Waals surface area contributed by atoms with Crippen LogP contribution < -0.4 is 0 Å². The van der Waals surface area contributed by atoms with Crippen LogP contribution in [0.2, 0.25) is 0 Å². The zero-order chi connectivity index (χ0) is 20.1. The van der Waals surface area contributed by atoms with Gasteiger partial charge in [0.15, 0.2) is 5.65 Å². The molecule has 0 unspecified atom stereocenters. The Morgan fingerprint density at radius 1 is 1.11 bits per heavy atom. The van der Waals surface area contributed by atoms with Crippen LogP contribution in [0, 0.1) is 20.8 Å². The number of aromatic nitrogens is 3. The molecule has 0 bridgehead atoms. The lowest BCUT2D eigenvalue weighted by Gasteiger charge is -2.33. The van der Waals surface area contributed by atoms with Crippen molar-refractivity contribution in [3.8, 4) is 0 Å². The third kappa shape index (κ3) is 3.47. The van der Waals surface area contributed by atoms with Crippen LogP contribution in [0.5, 0.6) is 0 Å². The van der Waals surface area contributed by atoms with Gasteiger partial charge in [-0.25, -0.2) is 13.4 Å². The number of hydrogen-bond acceptors (Lipinski definition) is 6. The van der Waals surface area contributed by atoms with Gasteiger partial charge < -0.3 is 0 Å². The third-order valence-corrected chi connectivity index (χ3v) is 8.39. The van der Waals surface area contributed by atoms with E-state index in [0.717, 1.165) is 38.6 Å². The van der Waals surface area contributed by atoms with E-state index in [0.29, 0.717) is 31.1 Å². The molecule has 28 heavy (non-hydrogen) atoms. The summed E-state index contributed by atoms with van der Waals surface area (Å²) < 4.78 is 29.3. The van der Waals surface area contributed by atoms with Gasteiger partial charge in [0.1, 0.15) is 0 Å². The average Bonchev–Trinajstić information content (AvgIpc) is 3.14. The van der Waals surface area contributed by atoms with Gasteiger partial charge in [0, 0.05) is 61.1 Å². The maximum atomic E-state index is 13.0. The first-order chi connectivity index (χ1) is 13.3. The first-order valence-corrected chi connectivity index (χ1v) is 11.6. The van der Waals surface area contributed by atoms with Crippen molar-refractivity contribution < 1.29 is 8.42 Å². The summed E-state index contributed by atoms with van der Waals surface area (Å²) in [5, 5.41) is 5.49. The van der Waals surface area contributed by atoms with E-state index < -0.39 is 10.0 Å². The number of nitrogens with zero attached hydrogens (tertiary/aromatic N) is 5. The summed E-state index contributed by atoms with van der Waals surface area (Å²) in [6, 6.07) is 3.93. The van der Waals surface area contributed by atoms with Crippen LogP contribution in [-0.4, -0.2) is 58.6 Å². The number of aryl methyl sites for hydroxylation is 4. The molecule has 1 saturated heterocycles. The molecule has 4 heterocycles. The highest BCUT2D eigenvalue weighted by atomic mass is 32.2. The molecular formula is C19H25N5O2S2.